The SMILES string of the molecule is COc1cccc([C@@H]2CC(=O)Nc3c2c(=O)n(C)c(=O)n3C)c1OC(C)C. The fraction of sp³-hybridized carbons (Fsp3) is 0.421. The van der Waals surface area contributed by atoms with E-state index in [1.54, 1.807) is 12.1 Å². The third kappa shape index (κ3) is 3.11. The lowest BCUT2D eigenvalue weighted by Gasteiger charge is -2.29. The molecule has 0 radical (unpaired) electrons. The Morgan fingerprint density at radius 1 is 1.15 bits per heavy atom. The number of nitrogens with one attached hydrogen (secondary N) is 1. The third-order valence-corrected chi connectivity index (χ3v) is 4.65. The highest BCUT2D eigenvalue weighted by molar-refractivity contribution is 5.94. The molecule has 1 aromatic carbocycles. The predicted molar refractivity (Wildman–Crippen MR) is 101 cm³/mol. The number of carbonyl (C=O) groups excluding carboxylic acids is 1. The van der Waals surface area contributed by atoms with Crippen molar-refractivity contribution >= 4 is 11.7 Å². The van der Waals surface area contributed by atoms with Crippen molar-refractivity contribution in [2.24, 2.45) is 14.1 Å². The van der Waals surface area contributed by atoms with Crippen molar-refractivity contribution in [3.63, 3.8) is 0 Å². The molecule has 1 aromatic heterocycles. The summed E-state index contributed by atoms with van der Waals surface area (Å²) in [6.07, 6.45) is -0.0536. The number of nitrogens with zero attached hydrogens (tertiary/aromatic N) is 2. The molecule has 0 saturated carbocycles. The van der Waals surface area contributed by atoms with Gasteiger partial charge in [-0.15, -0.1) is 0 Å². The number of benzene rings is 1. The summed E-state index contributed by atoms with van der Waals surface area (Å²) in [5.41, 5.74) is 0.108. The van der Waals surface area contributed by atoms with Gasteiger partial charge < -0.3 is 14.8 Å². The molecule has 3 rings (SSSR count). The molecule has 0 spiro atoms. The lowest BCUT2D eigenvalue weighted by molar-refractivity contribution is -0.116. The Labute approximate surface area is 156 Å². The van der Waals surface area contributed by atoms with Crippen LogP contribution in [0.15, 0.2) is 27.8 Å². The van der Waals surface area contributed by atoms with Gasteiger partial charge in [0, 0.05) is 32.0 Å². The molecule has 0 fully saturated rings. The minimum Gasteiger partial charge on any atom is -0.493 e. The Morgan fingerprint density at radius 3 is 2.48 bits per heavy atom. The maximum Gasteiger partial charge on any atom is 0.332 e. The molecule has 8 heteroatoms. The van der Waals surface area contributed by atoms with Gasteiger partial charge in [0.05, 0.1) is 18.8 Å². The van der Waals surface area contributed by atoms with Crippen LogP contribution < -0.4 is 26.0 Å². The van der Waals surface area contributed by atoms with E-state index >= 15 is 0 Å². The molecule has 2 heterocycles. The summed E-state index contributed by atoms with van der Waals surface area (Å²) in [4.78, 5) is 37.5. The summed E-state index contributed by atoms with van der Waals surface area (Å²) >= 11 is 0. The highest BCUT2D eigenvalue weighted by Crippen LogP contribution is 2.42. The monoisotopic (exact) mass is 373 g/mol. The largest absolute Gasteiger partial charge is 0.493 e. The zero-order valence-electron chi connectivity index (χ0n) is 16.0. The van der Waals surface area contributed by atoms with Gasteiger partial charge in [0.15, 0.2) is 11.5 Å². The maximum atomic E-state index is 12.9. The standard InChI is InChI=1S/C19H23N3O5/c1-10(2)27-16-11(7-6-8-13(16)26-5)12-9-14(23)20-17-15(12)18(24)22(4)19(25)21(17)3/h6-8,10,12H,9H2,1-5H3,(H,20,23)/t12-/m0/s1. The minimum atomic E-state index is -0.553. The van der Waals surface area contributed by atoms with E-state index in [-0.39, 0.29) is 24.2 Å². The zero-order valence-corrected chi connectivity index (χ0v) is 16.0. The van der Waals surface area contributed by atoms with Crippen molar-refractivity contribution in [3.8, 4) is 11.5 Å². The molecule has 0 bridgehead atoms. The topological polar surface area (TPSA) is 91.6 Å². The zero-order chi connectivity index (χ0) is 19.9. The number of fused-ring (bicyclic) bond motifs is 1. The number of ether oxygens (including phenoxy) is 2. The summed E-state index contributed by atoms with van der Waals surface area (Å²) in [5.74, 6) is 0.423. The van der Waals surface area contributed by atoms with Gasteiger partial charge in [-0.2, -0.15) is 0 Å². The average Bonchev–Trinajstić information content (AvgIpc) is 2.63. The first-order valence-electron chi connectivity index (χ1n) is 8.69. The summed E-state index contributed by atoms with van der Waals surface area (Å²) < 4.78 is 13.7. The molecule has 144 valence electrons. The van der Waals surface area contributed by atoms with Crippen molar-refractivity contribution < 1.29 is 14.3 Å². The highest BCUT2D eigenvalue weighted by atomic mass is 16.5. The average molecular weight is 373 g/mol. The van der Waals surface area contributed by atoms with E-state index in [9.17, 15) is 14.4 Å². The van der Waals surface area contributed by atoms with Crippen molar-refractivity contribution in [2.75, 3.05) is 12.4 Å². The van der Waals surface area contributed by atoms with Gasteiger partial charge in [-0.25, -0.2) is 4.79 Å². The number of carbonyl (C=O) groups is 1. The van der Waals surface area contributed by atoms with Gasteiger partial charge in [0.25, 0.3) is 5.56 Å². The number of aromatic nitrogens is 2. The van der Waals surface area contributed by atoms with Crippen LogP contribution in [0.2, 0.25) is 0 Å². The van der Waals surface area contributed by atoms with E-state index < -0.39 is 17.2 Å². The van der Waals surface area contributed by atoms with Crippen LogP contribution in [0.5, 0.6) is 11.5 Å². The van der Waals surface area contributed by atoms with Gasteiger partial charge in [0.2, 0.25) is 5.91 Å². The first kappa shape index (κ1) is 18.8. The van der Waals surface area contributed by atoms with E-state index in [1.807, 2.05) is 19.9 Å². The van der Waals surface area contributed by atoms with Crippen LogP contribution in [-0.2, 0) is 18.9 Å². The van der Waals surface area contributed by atoms with Crippen molar-refractivity contribution in [2.45, 2.75) is 32.3 Å². The number of hydrogen-bond acceptors (Lipinski definition) is 5. The molecule has 1 atom stereocenters. The van der Waals surface area contributed by atoms with Crippen molar-refractivity contribution in [1.82, 2.24) is 9.13 Å². The first-order chi connectivity index (χ1) is 12.8. The van der Waals surface area contributed by atoms with Crippen LogP contribution in [-0.4, -0.2) is 28.3 Å². The number of rotatable bonds is 4. The summed E-state index contributed by atoms with van der Waals surface area (Å²) in [7, 11) is 4.49. The molecule has 2 aromatic rings. The summed E-state index contributed by atoms with van der Waals surface area (Å²) in [6.45, 7) is 3.78. The molecular weight excluding hydrogens is 350 g/mol. The molecule has 1 amide bonds. The Hall–Kier alpha value is -3.03. The third-order valence-electron chi connectivity index (χ3n) is 4.65. The number of hydrogen-bond donors (Lipinski definition) is 1. The Morgan fingerprint density at radius 2 is 1.85 bits per heavy atom. The quantitative estimate of drug-likeness (QED) is 0.874. The van der Waals surface area contributed by atoms with Gasteiger partial charge >= 0.3 is 5.69 Å². The number of methoxy groups -OCH3 is 1. The Bertz CT molecular complexity index is 1020. The second-order valence-electron chi connectivity index (χ2n) is 6.82. The van der Waals surface area contributed by atoms with Gasteiger partial charge in [-0.3, -0.25) is 18.7 Å². The molecule has 27 heavy (non-hydrogen) atoms. The maximum absolute atomic E-state index is 12.9. The molecule has 1 N–H and O–H groups in total. The lowest BCUT2D eigenvalue weighted by atomic mass is 9.86. The molecule has 8 nitrogen and oxygen atoms in total. The summed E-state index contributed by atoms with van der Waals surface area (Å²) in [6, 6.07) is 5.38. The van der Waals surface area contributed by atoms with Crippen LogP contribution in [0.1, 0.15) is 37.3 Å². The Balaban J connectivity index is 2.32. The van der Waals surface area contributed by atoms with Crippen LogP contribution in [0.25, 0.3) is 0 Å². The van der Waals surface area contributed by atoms with Crippen LogP contribution in [0.4, 0.5) is 5.82 Å². The minimum absolute atomic E-state index is 0.0715. The number of anilines is 1. The van der Waals surface area contributed by atoms with E-state index in [1.165, 1.54) is 25.8 Å². The lowest BCUT2D eigenvalue weighted by Crippen LogP contribution is -2.44. The molecule has 0 unspecified atom stereocenters. The van der Waals surface area contributed by atoms with Gasteiger partial charge in [-0.05, 0) is 19.9 Å². The van der Waals surface area contributed by atoms with Crippen LogP contribution >= 0.6 is 0 Å². The molecule has 0 saturated heterocycles. The van der Waals surface area contributed by atoms with E-state index in [4.69, 9.17) is 9.47 Å². The highest BCUT2D eigenvalue weighted by Gasteiger charge is 2.34. The van der Waals surface area contributed by atoms with Gasteiger partial charge in [-0.1, -0.05) is 12.1 Å². The Kier molecular flexibility index (Phi) is 4.82. The van der Waals surface area contributed by atoms with E-state index in [0.29, 0.717) is 22.6 Å². The molecule has 1 aliphatic rings. The van der Waals surface area contributed by atoms with E-state index in [0.717, 1.165) is 4.57 Å². The number of amides is 1. The second kappa shape index (κ2) is 6.94. The summed E-state index contributed by atoms with van der Waals surface area (Å²) in [5, 5.41) is 2.66. The second-order valence-corrected chi connectivity index (χ2v) is 6.82. The fourth-order valence-corrected chi connectivity index (χ4v) is 3.40. The van der Waals surface area contributed by atoms with Crippen LogP contribution in [0.3, 0.4) is 0 Å². The molecule has 0 aliphatic carbocycles. The van der Waals surface area contributed by atoms with Gasteiger partial charge in [0.1, 0.15) is 5.82 Å². The smallest absolute Gasteiger partial charge is 0.332 e. The molecular formula is C19H23N3O5. The first-order valence-corrected chi connectivity index (χ1v) is 8.69. The fourth-order valence-electron chi connectivity index (χ4n) is 3.40. The number of para-hydroxylation sites is 1. The normalized spacial score (nSPS) is 16.1. The van der Waals surface area contributed by atoms with Crippen molar-refractivity contribution in [1.29, 1.82) is 0 Å². The van der Waals surface area contributed by atoms with Crippen LogP contribution in [0, 0.1) is 0 Å². The van der Waals surface area contributed by atoms with Crippen molar-refractivity contribution in [3.05, 3.63) is 50.2 Å². The molecule has 1 aliphatic heterocycles. The van der Waals surface area contributed by atoms with E-state index in [2.05, 4.69) is 5.32 Å². The predicted octanol–water partition coefficient (Wildman–Crippen LogP) is 1.35.